The molecule has 0 saturated heterocycles. The second-order valence-electron chi connectivity index (χ2n) is 7.53. The molecule has 3 aromatic carbocycles. The highest BCUT2D eigenvalue weighted by Gasteiger charge is 2.31. The number of hydrogen-bond acceptors (Lipinski definition) is 7. The van der Waals surface area contributed by atoms with Gasteiger partial charge in [-0.25, -0.2) is 13.6 Å². The van der Waals surface area contributed by atoms with Gasteiger partial charge in [0.25, 0.3) is 5.69 Å². The van der Waals surface area contributed by atoms with Gasteiger partial charge in [-0.05, 0) is 86.3 Å². The summed E-state index contributed by atoms with van der Waals surface area (Å²) in [5, 5.41) is 26.7. The van der Waals surface area contributed by atoms with Crippen LogP contribution in [0.3, 0.4) is 0 Å². The summed E-state index contributed by atoms with van der Waals surface area (Å²) in [6.45, 7) is 3.86. The Labute approximate surface area is 212 Å². The molecule has 3 aromatic rings. The van der Waals surface area contributed by atoms with E-state index in [0.717, 1.165) is 6.07 Å². The first-order valence-electron chi connectivity index (χ1n) is 9.66. The number of carbonyl (C=O) groups excluding carboxylic acids is 1. The van der Waals surface area contributed by atoms with Crippen molar-refractivity contribution in [3.05, 3.63) is 84.3 Å². The number of nitro groups is 1. The Morgan fingerprint density at radius 2 is 1.68 bits per heavy atom. The molecule has 34 heavy (non-hydrogen) atoms. The maximum atomic E-state index is 13.2. The lowest BCUT2D eigenvalue weighted by Gasteiger charge is -2.13. The molecule has 12 heteroatoms. The molecule has 0 heterocycles. The van der Waals surface area contributed by atoms with Crippen LogP contribution in [0.5, 0.6) is 17.2 Å². The zero-order valence-electron chi connectivity index (χ0n) is 17.8. The lowest BCUT2D eigenvalue weighted by molar-refractivity contribution is -0.386. The van der Waals surface area contributed by atoms with Gasteiger partial charge in [0.2, 0.25) is 10.0 Å². The van der Waals surface area contributed by atoms with Gasteiger partial charge in [-0.3, -0.25) is 14.9 Å². The van der Waals surface area contributed by atoms with Crippen molar-refractivity contribution in [1.29, 1.82) is 0 Å². The Hall–Kier alpha value is -2.80. The summed E-state index contributed by atoms with van der Waals surface area (Å²) in [4.78, 5) is 23.3. The minimum absolute atomic E-state index is 0.0585. The maximum absolute atomic E-state index is 13.2. The molecule has 0 fully saturated rings. The summed E-state index contributed by atoms with van der Waals surface area (Å²) < 4.78 is 29.5. The van der Waals surface area contributed by atoms with Crippen molar-refractivity contribution < 1.29 is 28.0 Å². The zero-order valence-corrected chi connectivity index (χ0v) is 21.8. The Balaban J connectivity index is 2.00. The normalized spacial score (nSPS) is 11.5. The van der Waals surface area contributed by atoms with Crippen LogP contribution in [0, 0.1) is 10.1 Å². The van der Waals surface area contributed by atoms with Crippen molar-refractivity contribution in [3.63, 3.8) is 0 Å². The van der Waals surface area contributed by atoms with E-state index in [9.17, 15) is 28.4 Å². The lowest BCUT2D eigenvalue weighted by atomic mass is 10.0. The number of rotatable bonds is 7. The number of phenolic OH excluding ortho intramolecular Hbond substituents is 1. The van der Waals surface area contributed by atoms with E-state index < -0.39 is 36.9 Å². The average Bonchev–Trinajstić information content (AvgIpc) is 2.73. The molecule has 0 radical (unpaired) electrons. The number of nitrogens with two attached hydrogens (primary N) is 1. The van der Waals surface area contributed by atoms with E-state index >= 15 is 0 Å². The topological polar surface area (TPSA) is 150 Å². The molecule has 0 spiro atoms. The molecule has 0 unspecified atom stereocenters. The molecule has 3 rings (SSSR count). The average molecular weight is 614 g/mol. The van der Waals surface area contributed by atoms with Crippen LogP contribution >= 0.6 is 31.9 Å². The van der Waals surface area contributed by atoms with Crippen molar-refractivity contribution in [2.45, 2.75) is 24.7 Å². The first-order valence-corrected chi connectivity index (χ1v) is 12.8. The minimum atomic E-state index is -4.39. The quantitative estimate of drug-likeness (QED) is 0.199. The highest BCUT2D eigenvalue weighted by molar-refractivity contribution is 9.11. The Morgan fingerprint density at radius 1 is 1.09 bits per heavy atom. The van der Waals surface area contributed by atoms with Crippen molar-refractivity contribution in [1.82, 2.24) is 0 Å². The fourth-order valence-electron chi connectivity index (χ4n) is 3.20. The molecule has 9 nitrogen and oxygen atoms in total. The summed E-state index contributed by atoms with van der Waals surface area (Å²) >= 11 is 5.95. The largest absolute Gasteiger partial charge is 0.508 e. The molecule has 0 aliphatic carbocycles. The molecule has 0 atom stereocenters. The van der Waals surface area contributed by atoms with Gasteiger partial charge in [0.05, 0.1) is 19.9 Å². The summed E-state index contributed by atoms with van der Waals surface area (Å²) in [5.41, 5.74) is -0.195. The Bertz CT molecular complexity index is 1410. The molecule has 3 N–H and O–H groups in total. The third kappa shape index (κ3) is 5.30. The van der Waals surface area contributed by atoms with E-state index in [0.29, 0.717) is 17.1 Å². The lowest BCUT2D eigenvalue weighted by Crippen LogP contribution is -2.18. The van der Waals surface area contributed by atoms with Crippen molar-refractivity contribution in [2.75, 3.05) is 0 Å². The molecule has 0 bridgehead atoms. The number of hydrogen-bond donors (Lipinski definition) is 2. The van der Waals surface area contributed by atoms with Gasteiger partial charge in [0.1, 0.15) is 21.7 Å². The van der Waals surface area contributed by atoms with Crippen LogP contribution in [0.2, 0.25) is 0 Å². The van der Waals surface area contributed by atoms with Crippen LogP contribution in [0.4, 0.5) is 5.69 Å². The smallest absolute Gasteiger partial charge is 0.298 e. The fraction of sp³-hybridized carbons (Fsp3) is 0.136. The summed E-state index contributed by atoms with van der Waals surface area (Å²) in [6.07, 6.45) is 0. The summed E-state index contributed by atoms with van der Waals surface area (Å²) in [6, 6.07) is 11.5. The van der Waals surface area contributed by atoms with E-state index in [2.05, 4.69) is 31.9 Å². The van der Waals surface area contributed by atoms with E-state index in [-0.39, 0.29) is 26.2 Å². The number of phenols is 1. The molecule has 0 saturated carbocycles. The van der Waals surface area contributed by atoms with Crippen LogP contribution in [-0.4, -0.2) is 24.2 Å². The van der Waals surface area contributed by atoms with Crippen molar-refractivity contribution >= 4 is 53.4 Å². The van der Waals surface area contributed by atoms with E-state index in [1.54, 1.807) is 12.1 Å². The number of benzene rings is 3. The van der Waals surface area contributed by atoms with Crippen LogP contribution in [-0.2, 0) is 10.0 Å². The van der Waals surface area contributed by atoms with Gasteiger partial charge < -0.3 is 9.84 Å². The Kier molecular flexibility index (Phi) is 7.46. The molecular formula is C22H18Br2N2O7S. The van der Waals surface area contributed by atoms with Crippen molar-refractivity contribution in [3.8, 4) is 17.2 Å². The van der Waals surface area contributed by atoms with Gasteiger partial charge in [-0.15, -0.1) is 0 Å². The standard InChI is InChI=1S/C22H18Br2N2O7S/c1-11(2)15-9-14(7-8-17(15)27)33-13-5-3-12(4-6-13)22(28)19-18(34(25,31)32)10-16(23)21(20(19)24)26(29)30/h3-11,27H,1-2H3,(H2,25,31,32). The second kappa shape index (κ2) is 9.82. The van der Waals surface area contributed by atoms with Gasteiger partial charge in [-0.2, -0.15) is 0 Å². The van der Waals surface area contributed by atoms with Crippen LogP contribution in [0.15, 0.2) is 62.4 Å². The zero-order chi connectivity index (χ0) is 25.4. The molecule has 0 aliphatic heterocycles. The van der Waals surface area contributed by atoms with Crippen LogP contribution in [0.1, 0.15) is 41.3 Å². The predicted molar refractivity (Wildman–Crippen MR) is 132 cm³/mol. The molecule has 178 valence electrons. The second-order valence-corrected chi connectivity index (χ2v) is 10.7. The van der Waals surface area contributed by atoms with E-state index in [1.807, 2.05) is 13.8 Å². The van der Waals surface area contributed by atoms with Gasteiger partial charge >= 0.3 is 0 Å². The summed E-state index contributed by atoms with van der Waals surface area (Å²) in [7, 11) is -4.39. The number of primary sulfonamides is 1. The number of carbonyl (C=O) groups is 1. The first kappa shape index (κ1) is 25.8. The highest BCUT2D eigenvalue weighted by atomic mass is 79.9. The summed E-state index contributed by atoms with van der Waals surface area (Å²) in [5.74, 6) is 0.297. The number of nitro benzene ring substituents is 1. The van der Waals surface area contributed by atoms with Crippen LogP contribution < -0.4 is 9.88 Å². The van der Waals surface area contributed by atoms with Gasteiger partial charge in [0, 0.05) is 11.1 Å². The number of nitrogens with zero attached hydrogens (tertiary/aromatic N) is 1. The third-order valence-electron chi connectivity index (χ3n) is 4.85. The number of halogens is 2. The third-order valence-corrected chi connectivity index (χ3v) is 7.16. The molecule has 0 aliphatic rings. The number of aromatic hydroxyl groups is 1. The van der Waals surface area contributed by atoms with Gasteiger partial charge in [-0.1, -0.05) is 13.8 Å². The first-order chi connectivity index (χ1) is 15.8. The monoisotopic (exact) mass is 612 g/mol. The predicted octanol–water partition coefficient (Wildman–Crippen LogP) is 5.62. The Morgan fingerprint density at radius 3 is 2.21 bits per heavy atom. The number of ether oxygens (including phenoxy) is 1. The van der Waals surface area contributed by atoms with Crippen molar-refractivity contribution in [2.24, 2.45) is 5.14 Å². The van der Waals surface area contributed by atoms with E-state index in [1.165, 1.54) is 30.3 Å². The van der Waals surface area contributed by atoms with Crippen LogP contribution in [0.25, 0.3) is 0 Å². The fourth-order valence-corrected chi connectivity index (χ4v) is 5.84. The number of ketones is 1. The molecular weight excluding hydrogens is 596 g/mol. The van der Waals surface area contributed by atoms with Gasteiger partial charge in [0.15, 0.2) is 5.78 Å². The minimum Gasteiger partial charge on any atom is -0.508 e. The maximum Gasteiger partial charge on any atom is 0.298 e. The van der Waals surface area contributed by atoms with E-state index in [4.69, 9.17) is 9.88 Å². The number of sulfonamides is 1. The SMILES string of the molecule is CC(C)c1cc(Oc2ccc(C(=O)c3c(S(N)(=O)=O)cc(Br)c([N+](=O)[O-])c3Br)cc2)ccc1O. The molecule has 0 amide bonds. The molecule has 0 aromatic heterocycles. The highest BCUT2D eigenvalue weighted by Crippen LogP contribution is 2.40.